The van der Waals surface area contributed by atoms with Gasteiger partial charge in [-0.1, -0.05) is 0 Å². The van der Waals surface area contributed by atoms with Crippen molar-refractivity contribution in [3.05, 3.63) is 23.8 Å². The van der Waals surface area contributed by atoms with E-state index in [1.54, 1.807) is 6.20 Å². The minimum Gasteiger partial charge on any atom is -0.342 e. The van der Waals surface area contributed by atoms with E-state index < -0.39 is 0 Å². The Balaban J connectivity index is 1.49. The Morgan fingerprint density at radius 2 is 2.17 bits per heavy atom. The van der Waals surface area contributed by atoms with Gasteiger partial charge in [-0.2, -0.15) is 0 Å². The maximum absolute atomic E-state index is 13.0. The molecular weight excluding hydrogens is 304 g/mol. The van der Waals surface area contributed by atoms with Crippen LogP contribution in [0.2, 0.25) is 0 Å². The van der Waals surface area contributed by atoms with Crippen LogP contribution in [0.25, 0.3) is 0 Å². The zero-order valence-corrected chi connectivity index (χ0v) is 14.2. The molecule has 3 aliphatic rings. The number of aryl methyl sites for hydroxylation is 1. The van der Waals surface area contributed by atoms with Crippen LogP contribution in [-0.2, 0) is 4.79 Å². The molecule has 4 rings (SSSR count). The minimum absolute atomic E-state index is 0.0444. The highest BCUT2D eigenvalue weighted by Gasteiger charge is 2.50. The highest BCUT2D eigenvalue weighted by molar-refractivity contribution is 5.96. The lowest BCUT2D eigenvalue weighted by Crippen LogP contribution is -2.51. The summed E-state index contributed by atoms with van der Waals surface area (Å²) in [5.74, 6) is 0.946. The first-order valence-corrected chi connectivity index (χ1v) is 8.94. The maximum Gasteiger partial charge on any atom is 0.257 e. The molecule has 3 fully saturated rings. The van der Waals surface area contributed by atoms with Crippen LogP contribution < -0.4 is 0 Å². The van der Waals surface area contributed by atoms with Crippen molar-refractivity contribution in [3.8, 4) is 0 Å². The molecule has 1 aromatic rings. The van der Waals surface area contributed by atoms with Gasteiger partial charge in [-0.25, -0.2) is 9.97 Å². The van der Waals surface area contributed by atoms with Crippen LogP contribution in [-0.4, -0.2) is 57.8 Å². The number of aromatic nitrogens is 2. The molecule has 0 aromatic carbocycles. The third kappa shape index (κ3) is 2.68. The second kappa shape index (κ2) is 5.83. The van der Waals surface area contributed by atoms with Gasteiger partial charge in [0, 0.05) is 32.4 Å². The van der Waals surface area contributed by atoms with Crippen molar-refractivity contribution >= 4 is 11.8 Å². The predicted octanol–water partition coefficient (Wildman–Crippen LogP) is 1.65. The quantitative estimate of drug-likeness (QED) is 0.846. The molecule has 1 aliphatic carbocycles. The molecule has 1 aromatic heterocycles. The van der Waals surface area contributed by atoms with Crippen molar-refractivity contribution in [1.29, 1.82) is 0 Å². The third-order valence-electron chi connectivity index (χ3n) is 5.78. The lowest BCUT2D eigenvalue weighted by molar-refractivity contribution is -0.145. The molecule has 2 amide bonds. The van der Waals surface area contributed by atoms with E-state index in [1.165, 1.54) is 19.2 Å². The van der Waals surface area contributed by atoms with Gasteiger partial charge in [0.15, 0.2) is 0 Å². The van der Waals surface area contributed by atoms with Crippen molar-refractivity contribution in [2.75, 3.05) is 26.2 Å². The summed E-state index contributed by atoms with van der Waals surface area (Å²) in [4.78, 5) is 37.8. The molecule has 1 spiro atoms. The normalized spacial score (nSPS) is 27.1. The van der Waals surface area contributed by atoms with Crippen molar-refractivity contribution in [1.82, 2.24) is 19.8 Å². The number of hydrogen-bond donors (Lipinski definition) is 0. The Bertz CT molecular complexity index is 673. The van der Waals surface area contributed by atoms with Gasteiger partial charge in [0.2, 0.25) is 5.91 Å². The summed E-state index contributed by atoms with van der Waals surface area (Å²) in [6.07, 6.45) is 8.29. The summed E-state index contributed by atoms with van der Waals surface area (Å²) in [5.41, 5.74) is 0.890. The molecule has 1 atom stereocenters. The predicted molar refractivity (Wildman–Crippen MR) is 88.3 cm³/mol. The molecule has 128 valence electrons. The SMILES string of the molecule is Cc1ncncc1C(=O)N1CC[C@@]2(CCCN(CC3CC3)C2=O)C1. The largest absolute Gasteiger partial charge is 0.342 e. The molecule has 1 saturated carbocycles. The Kier molecular flexibility index (Phi) is 3.77. The van der Waals surface area contributed by atoms with E-state index in [0.717, 1.165) is 32.4 Å². The Morgan fingerprint density at radius 1 is 1.33 bits per heavy atom. The minimum atomic E-state index is -0.355. The monoisotopic (exact) mass is 328 g/mol. The van der Waals surface area contributed by atoms with Crippen LogP contribution in [0.15, 0.2) is 12.5 Å². The van der Waals surface area contributed by atoms with Gasteiger partial charge >= 0.3 is 0 Å². The molecule has 6 heteroatoms. The van der Waals surface area contributed by atoms with Gasteiger partial charge in [-0.15, -0.1) is 0 Å². The van der Waals surface area contributed by atoms with Gasteiger partial charge in [0.05, 0.1) is 16.7 Å². The van der Waals surface area contributed by atoms with Crippen molar-refractivity contribution < 1.29 is 9.59 Å². The number of amides is 2. The number of likely N-dealkylation sites (tertiary alicyclic amines) is 2. The lowest BCUT2D eigenvalue weighted by atomic mass is 9.78. The molecule has 0 bridgehead atoms. The van der Waals surface area contributed by atoms with Crippen LogP contribution in [0.5, 0.6) is 0 Å². The zero-order chi connectivity index (χ0) is 16.7. The molecular formula is C18H24N4O2. The number of carbonyl (C=O) groups excluding carboxylic acids is 2. The van der Waals surface area contributed by atoms with E-state index in [4.69, 9.17) is 0 Å². The van der Waals surface area contributed by atoms with Crippen molar-refractivity contribution in [2.45, 2.75) is 39.0 Å². The summed E-state index contributed by atoms with van der Waals surface area (Å²) >= 11 is 0. The van der Waals surface area contributed by atoms with Crippen LogP contribution in [0.3, 0.4) is 0 Å². The summed E-state index contributed by atoms with van der Waals surface area (Å²) < 4.78 is 0. The molecule has 0 radical (unpaired) electrons. The van der Waals surface area contributed by atoms with E-state index in [-0.39, 0.29) is 17.2 Å². The number of rotatable bonds is 3. The van der Waals surface area contributed by atoms with Gasteiger partial charge in [-0.3, -0.25) is 9.59 Å². The summed E-state index contributed by atoms with van der Waals surface area (Å²) in [5, 5.41) is 0. The summed E-state index contributed by atoms with van der Waals surface area (Å²) in [6, 6.07) is 0. The second-order valence-corrected chi connectivity index (χ2v) is 7.58. The van der Waals surface area contributed by atoms with Gasteiger partial charge < -0.3 is 9.80 Å². The van der Waals surface area contributed by atoms with E-state index in [0.29, 0.717) is 30.3 Å². The van der Waals surface area contributed by atoms with Crippen molar-refractivity contribution in [3.63, 3.8) is 0 Å². The highest BCUT2D eigenvalue weighted by Crippen LogP contribution is 2.42. The first-order chi connectivity index (χ1) is 11.6. The fourth-order valence-corrected chi connectivity index (χ4v) is 4.13. The molecule has 24 heavy (non-hydrogen) atoms. The first-order valence-electron chi connectivity index (χ1n) is 8.94. The topological polar surface area (TPSA) is 66.4 Å². The van der Waals surface area contributed by atoms with Crippen LogP contribution in [0.4, 0.5) is 0 Å². The number of carbonyl (C=O) groups is 2. The average Bonchev–Trinajstić information content (AvgIpc) is 3.30. The fourth-order valence-electron chi connectivity index (χ4n) is 4.13. The molecule has 6 nitrogen and oxygen atoms in total. The van der Waals surface area contributed by atoms with Gasteiger partial charge in [0.1, 0.15) is 6.33 Å². The molecule has 0 unspecified atom stereocenters. The Morgan fingerprint density at radius 3 is 2.92 bits per heavy atom. The second-order valence-electron chi connectivity index (χ2n) is 7.58. The molecule has 0 N–H and O–H groups in total. The molecule has 2 saturated heterocycles. The number of piperidine rings is 1. The molecule has 3 heterocycles. The van der Waals surface area contributed by atoms with Gasteiger partial charge in [-0.05, 0) is 44.9 Å². The first kappa shape index (κ1) is 15.5. The Labute approximate surface area is 142 Å². The zero-order valence-electron chi connectivity index (χ0n) is 14.2. The fraction of sp³-hybridized carbons (Fsp3) is 0.667. The maximum atomic E-state index is 13.0. The summed E-state index contributed by atoms with van der Waals surface area (Å²) in [6.45, 7) is 4.82. The smallest absolute Gasteiger partial charge is 0.257 e. The standard InChI is InChI=1S/C18H24N4O2/c1-13-15(9-19-12-20-13)16(23)22-8-6-18(11-22)5-2-7-21(17(18)24)10-14-3-4-14/h9,12,14H,2-8,10-11H2,1H3/t18-/m0/s1. The Hall–Kier alpha value is -1.98. The summed E-state index contributed by atoms with van der Waals surface area (Å²) in [7, 11) is 0. The van der Waals surface area contributed by atoms with E-state index in [1.807, 2.05) is 11.8 Å². The average molecular weight is 328 g/mol. The number of nitrogens with zero attached hydrogens (tertiary/aromatic N) is 4. The van der Waals surface area contributed by atoms with Crippen molar-refractivity contribution in [2.24, 2.45) is 11.3 Å². The van der Waals surface area contributed by atoms with E-state index >= 15 is 0 Å². The lowest BCUT2D eigenvalue weighted by Gasteiger charge is -2.39. The van der Waals surface area contributed by atoms with Crippen LogP contribution in [0.1, 0.15) is 48.2 Å². The number of hydrogen-bond acceptors (Lipinski definition) is 4. The van der Waals surface area contributed by atoms with E-state index in [2.05, 4.69) is 14.9 Å². The van der Waals surface area contributed by atoms with Crippen LogP contribution >= 0.6 is 0 Å². The highest BCUT2D eigenvalue weighted by atomic mass is 16.2. The van der Waals surface area contributed by atoms with Gasteiger partial charge in [0.25, 0.3) is 5.91 Å². The molecule has 2 aliphatic heterocycles. The van der Waals surface area contributed by atoms with E-state index in [9.17, 15) is 9.59 Å². The third-order valence-corrected chi connectivity index (χ3v) is 5.78. The van der Waals surface area contributed by atoms with Crippen LogP contribution in [0, 0.1) is 18.3 Å².